The SMILES string of the molecule is CC(C)C[C@@H](C(=O)N1CC(=O)C(NS(=O)(=O)c2ccc3oc4ccccc4c3c2)C1)N(C)C(=O)OCc1ccccc1. The Morgan fingerprint density at radius 3 is 2.45 bits per heavy atom. The minimum Gasteiger partial charge on any atom is -0.456 e. The van der Waals surface area contributed by atoms with Crippen LogP contribution in [-0.2, 0) is 31.0 Å². The Kier molecular flexibility index (Phi) is 8.33. The van der Waals surface area contributed by atoms with Crippen LogP contribution in [0, 0.1) is 5.92 Å². The predicted molar refractivity (Wildman–Crippen MR) is 157 cm³/mol. The molecule has 3 aromatic carbocycles. The molecule has 2 atom stereocenters. The van der Waals surface area contributed by atoms with Crippen molar-refractivity contribution in [1.29, 1.82) is 0 Å². The third-order valence-corrected chi connectivity index (χ3v) is 8.82. The van der Waals surface area contributed by atoms with Crippen LogP contribution in [-0.4, -0.2) is 68.2 Å². The van der Waals surface area contributed by atoms with Gasteiger partial charge in [0.1, 0.15) is 23.8 Å². The molecule has 4 aromatic rings. The number of para-hydroxylation sites is 1. The lowest BCUT2D eigenvalue weighted by Gasteiger charge is -2.31. The number of ketones is 1. The third-order valence-electron chi connectivity index (χ3n) is 7.35. The van der Waals surface area contributed by atoms with E-state index in [4.69, 9.17) is 9.15 Å². The summed E-state index contributed by atoms with van der Waals surface area (Å²) in [6, 6.07) is 19.0. The minimum atomic E-state index is -4.10. The monoisotopic (exact) mass is 591 g/mol. The van der Waals surface area contributed by atoms with Crippen LogP contribution in [0.3, 0.4) is 0 Å². The number of carbonyl (C=O) groups is 3. The number of Topliss-reactive ketones (excluding diaryl/α,β-unsaturated/α-hetero) is 1. The molecule has 0 spiro atoms. The molecule has 1 fully saturated rings. The predicted octanol–water partition coefficient (Wildman–Crippen LogP) is 4.33. The van der Waals surface area contributed by atoms with Gasteiger partial charge in [0.25, 0.3) is 0 Å². The normalized spacial score (nSPS) is 16.3. The molecular formula is C31H33N3O7S. The minimum absolute atomic E-state index is 0.0160. The van der Waals surface area contributed by atoms with Crippen LogP contribution in [0.1, 0.15) is 25.8 Å². The van der Waals surface area contributed by atoms with Crippen molar-refractivity contribution in [1.82, 2.24) is 14.5 Å². The molecule has 1 aliphatic rings. The Morgan fingerprint density at radius 1 is 1.02 bits per heavy atom. The molecule has 2 amide bonds. The first-order chi connectivity index (χ1) is 20.0. The van der Waals surface area contributed by atoms with Gasteiger partial charge in [-0.05, 0) is 42.2 Å². The summed E-state index contributed by atoms with van der Waals surface area (Å²) >= 11 is 0. The molecule has 10 nitrogen and oxygen atoms in total. The van der Waals surface area contributed by atoms with Gasteiger partial charge in [-0.15, -0.1) is 0 Å². The molecule has 1 aliphatic heterocycles. The van der Waals surface area contributed by atoms with E-state index in [0.29, 0.717) is 23.0 Å². The zero-order valence-electron chi connectivity index (χ0n) is 23.6. The molecule has 0 radical (unpaired) electrons. The molecule has 220 valence electrons. The first-order valence-electron chi connectivity index (χ1n) is 13.7. The molecule has 1 unspecified atom stereocenters. The highest BCUT2D eigenvalue weighted by atomic mass is 32.2. The lowest BCUT2D eigenvalue weighted by Crippen LogP contribution is -2.50. The van der Waals surface area contributed by atoms with Crippen LogP contribution in [0.15, 0.2) is 82.1 Å². The maximum absolute atomic E-state index is 13.6. The van der Waals surface area contributed by atoms with E-state index in [-0.39, 0.29) is 30.5 Å². The summed E-state index contributed by atoms with van der Waals surface area (Å²) in [4.78, 5) is 41.9. The van der Waals surface area contributed by atoms with Gasteiger partial charge < -0.3 is 14.1 Å². The number of fused-ring (bicyclic) bond motifs is 3. The highest BCUT2D eigenvalue weighted by Crippen LogP contribution is 2.30. The van der Waals surface area contributed by atoms with E-state index in [1.165, 1.54) is 29.0 Å². The summed E-state index contributed by atoms with van der Waals surface area (Å²) in [6.45, 7) is 3.50. The highest BCUT2D eigenvalue weighted by molar-refractivity contribution is 7.89. The fraction of sp³-hybridized carbons (Fsp3) is 0.323. The van der Waals surface area contributed by atoms with Gasteiger partial charge in [-0.3, -0.25) is 14.5 Å². The molecule has 5 rings (SSSR count). The third kappa shape index (κ3) is 6.17. The van der Waals surface area contributed by atoms with E-state index in [0.717, 1.165) is 10.9 Å². The summed E-state index contributed by atoms with van der Waals surface area (Å²) in [5.74, 6) is -0.812. The number of amides is 2. The first kappa shape index (κ1) is 29.3. The number of nitrogens with zero attached hydrogens (tertiary/aromatic N) is 2. The molecule has 1 saturated heterocycles. The molecule has 0 saturated carbocycles. The lowest BCUT2D eigenvalue weighted by atomic mass is 10.0. The Labute approximate surface area is 244 Å². The van der Waals surface area contributed by atoms with Gasteiger partial charge in [0.15, 0.2) is 5.78 Å². The molecule has 1 aromatic heterocycles. The number of carbonyl (C=O) groups excluding carboxylic acids is 3. The number of benzene rings is 3. The van der Waals surface area contributed by atoms with E-state index in [9.17, 15) is 22.8 Å². The topological polar surface area (TPSA) is 126 Å². The maximum atomic E-state index is 13.6. The van der Waals surface area contributed by atoms with Gasteiger partial charge in [-0.2, -0.15) is 4.72 Å². The van der Waals surface area contributed by atoms with Crippen molar-refractivity contribution in [3.63, 3.8) is 0 Å². The smallest absolute Gasteiger partial charge is 0.410 e. The fourth-order valence-electron chi connectivity index (χ4n) is 5.11. The number of sulfonamides is 1. The number of rotatable bonds is 9. The number of likely N-dealkylation sites (N-methyl/N-ethyl adjacent to an activating group) is 1. The van der Waals surface area contributed by atoms with Crippen LogP contribution in [0.2, 0.25) is 0 Å². The van der Waals surface area contributed by atoms with Crippen LogP contribution >= 0.6 is 0 Å². The highest BCUT2D eigenvalue weighted by Gasteiger charge is 2.40. The van der Waals surface area contributed by atoms with E-state index in [1.54, 1.807) is 12.1 Å². The van der Waals surface area contributed by atoms with Crippen molar-refractivity contribution in [2.45, 2.75) is 43.9 Å². The van der Waals surface area contributed by atoms with E-state index < -0.39 is 39.9 Å². The van der Waals surface area contributed by atoms with Crippen molar-refractivity contribution < 1.29 is 32.0 Å². The van der Waals surface area contributed by atoms with Gasteiger partial charge in [0, 0.05) is 24.4 Å². The van der Waals surface area contributed by atoms with Gasteiger partial charge in [0.2, 0.25) is 15.9 Å². The van der Waals surface area contributed by atoms with E-state index >= 15 is 0 Å². The Hall–Kier alpha value is -4.22. The van der Waals surface area contributed by atoms with Gasteiger partial charge in [-0.1, -0.05) is 62.4 Å². The number of likely N-dealkylation sites (tertiary alicyclic amines) is 1. The molecule has 1 N–H and O–H groups in total. The number of furan rings is 1. The zero-order chi connectivity index (χ0) is 30.0. The van der Waals surface area contributed by atoms with Crippen LogP contribution in [0.25, 0.3) is 21.9 Å². The van der Waals surface area contributed by atoms with Gasteiger partial charge in [0.05, 0.1) is 17.5 Å². The van der Waals surface area contributed by atoms with Crippen molar-refractivity contribution in [3.8, 4) is 0 Å². The van der Waals surface area contributed by atoms with Gasteiger partial charge in [-0.25, -0.2) is 13.2 Å². The van der Waals surface area contributed by atoms with Crippen molar-refractivity contribution >= 4 is 49.7 Å². The number of ether oxygens (including phenoxy) is 1. The maximum Gasteiger partial charge on any atom is 0.410 e. The van der Waals surface area contributed by atoms with Crippen LogP contribution in [0.4, 0.5) is 4.79 Å². The van der Waals surface area contributed by atoms with Crippen molar-refractivity contribution in [2.24, 2.45) is 5.92 Å². The standard InChI is InChI=1S/C31H33N3O7S/c1-20(2)15-26(33(3)31(37)40-19-21-9-5-4-6-10-21)30(36)34-17-25(27(35)18-34)32-42(38,39)22-13-14-29-24(16-22)23-11-7-8-12-28(23)41-29/h4-14,16,20,25-26,32H,15,17-19H2,1-3H3/t25?,26-/m0/s1. The van der Waals surface area contributed by atoms with E-state index in [2.05, 4.69) is 4.72 Å². The van der Waals surface area contributed by atoms with Crippen molar-refractivity contribution in [3.05, 3.63) is 78.4 Å². The lowest BCUT2D eigenvalue weighted by molar-refractivity contribution is -0.136. The Balaban J connectivity index is 1.28. The summed E-state index contributed by atoms with van der Waals surface area (Å²) in [6.07, 6.45) is -0.321. The van der Waals surface area contributed by atoms with E-state index in [1.807, 2.05) is 62.4 Å². The van der Waals surface area contributed by atoms with Crippen LogP contribution in [0.5, 0.6) is 0 Å². The van der Waals surface area contributed by atoms with Gasteiger partial charge >= 0.3 is 6.09 Å². The largest absolute Gasteiger partial charge is 0.456 e. The Bertz CT molecular complexity index is 1730. The number of nitrogens with one attached hydrogen (secondary N) is 1. The molecule has 0 bridgehead atoms. The second-order valence-electron chi connectivity index (χ2n) is 10.9. The second-order valence-corrected chi connectivity index (χ2v) is 12.6. The summed E-state index contributed by atoms with van der Waals surface area (Å²) in [7, 11) is -2.61. The van der Waals surface area contributed by atoms with Crippen LogP contribution < -0.4 is 4.72 Å². The average Bonchev–Trinajstić information content (AvgIpc) is 3.53. The number of hydrogen-bond acceptors (Lipinski definition) is 7. The van der Waals surface area contributed by atoms with Crippen molar-refractivity contribution in [2.75, 3.05) is 20.1 Å². The fourth-order valence-corrected chi connectivity index (χ4v) is 6.35. The average molecular weight is 592 g/mol. The quantitative estimate of drug-likeness (QED) is 0.307. The second kappa shape index (κ2) is 11.9. The summed E-state index contributed by atoms with van der Waals surface area (Å²) in [5, 5.41) is 1.42. The summed E-state index contributed by atoms with van der Waals surface area (Å²) in [5.41, 5.74) is 2.00. The molecule has 2 heterocycles. The number of hydrogen-bond donors (Lipinski definition) is 1. The zero-order valence-corrected chi connectivity index (χ0v) is 24.5. The first-order valence-corrected chi connectivity index (χ1v) is 15.2. The molecule has 11 heteroatoms. The molecule has 42 heavy (non-hydrogen) atoms. The molecular weight excluding hydrogens is 558 g/mol. The summed E-state index contributed by atoms with van der Waals surface area (Å²) < 4.78 is 40.3. The molecule has 0 aliphatic carbocycles. The Morgan fingerprint density at radius 2 is 1.71 bits per heavy atom.